The summed E-state index contributed by atoms with van der Waals surface area (Å²) in [5.41, 5.74) is 1.30. The predicted molar refractivity (Wildman–Crippen MR) is 90.3 cm³/mol. The molecule has 2 aliphatic rings. The lowest BCUT2D eigenvalue weighted by Gasteiger charge is -2.35. The molecule has 1 unspecified atom stereocenters. The molecule has 2 heterocycles. The Morgan fingerprint density at radius 3 is 2.81 bits per heavy atom. The third kappa shape index (κ3) is 3.76. The Morgan fingerprint density at radius 2 is 2.14 bits per heavy atom. The summed E-state index contributed by atoms with van der Waals surface area (Å²) in [6.07, 6.45) is 6.34. The molecule has 21 heavy (non-hydrogen) atoms. The van der Waals surface area contributed by atoms with E-state index >= 15 is 0 Å². The lowest BCUT2D eigenvalue weighted by atomic mass is 10.1. The van der Waals surface area contributed by atoms with E-state index in [9.17, 15) is 0 Å². The van der Waals surface area contributed by atoms with Gasteiger partial charge in [-0.2, -0.15) is 0 Å². The van der Waals surface area contributed by atoms with Crippen LogP contribution in [0.15, 0.2) is 0 Å². The van der Waals surface area contributed by atoms with Gasteiger partial charge < -0.3 is 15.1 Å². The Balaban J connectivity index is 1.68. The first-order chi connectivity index (χ1) is 10.2. The van der Waals surface area contributed by atoms with Crippen LogP contribution in [-0.2, 0) is 13.0 Å². The van der Waals surface area contributed by atoms with E-state index in [0.717, 1.165) is 32.1 Å². The lowest BCUT2D eigenvalue weighted by Crippen LogP contribution is -2.45. The topological polar surface area (TPSA) is 31.4 Å². The maximum Gasteiger partial charge on any atom is 0.185 e. The van der Waals surface area contributed by atoms with Gasteiger partial charge in [-0.1, -0.05) is 6.92 Å². The molecule has 0 spiro atoms. The molecule has 1 aliphatic heterocycles. The SMILES string of the molecule is CCc1nc(N2CCCC(N(C)C)C2)sc1CNC1CC1. The molecule has 3 rings (SSSR count). The fraction of sp³-hybridized carbons (Fsp3) is 0.812. The van der Waals surface area contributed by atoms with Crippen molar-refractivity contribution in [2.75, 3.05) is 32.1 Å². The van der Waals surface area contributed by atoms with Gasteiger partial charge in [-0.05, 0) is 46.2 Å². The minimum atomic E-state index is 0.667. The first-order valence-corrected chi connectivity index (χ1v) is 9.12. The number of likely N-dealkylation sites (N-methyl/N-ethyl adjacent to an activating group) is 1. The Morgan fingerprint density at radius 1 is 1.33 bits per heavy atom. The van der Waals surface area contributed by atoms with Crippen LogP contribution in [0.5, 0.6) is 0 Å². The summed E-state index contributed by atoms with van der Waals surface area (Å²) in [6, 6.07) is 1.44. The number of hydrogen-bond donors (Lipinski definition) is 1. The number of piperidine rings is 1. The van der Waals surface area contributed by atoms with Gasteiger partial charge in [0.1, 0.15) is 0 Å². The monoisotopic (exact) mass is 308 g/mol. The Kier molecular flexibility index (Phi) is 4.82. The molecule has 1 N–H and O–H groups in total. The number of rotatable bonds is 6. The number of nitrogens with one attached hydrogen (secondary N) is 1. The molecule has 1 saturated carbocycles. The zero-order chi connectivity index (χ0) is 14.8. The van der Waals surface area contributed by atoms with Crippen LogP contribution in [0.3, 0.4) is 0 Å². The lowest BCUT2D eigenvalue weighted by molar-refractivity contribution is 0.258. The van der Waals surface area contributed by atoms with Gasteiger partial charge in [-0.25, -0.2) is 4.98 Å². The van der Waals surface area contributed by atoms with Crippen molar-refractivity contribution >= 4 is 16.5 Å². The molecule has 0 bridgehead atoms. The van der Waals surface area contributed by atoms with E-state index in [2.05, 4.69) is 36.1 Å². The molecule has 1 saturated heterocycles. The van der Waals surface area contributed by atoms with Crippen LogP contribution in [-0.4, -0.2) is 49.2 Å². The molecule has 1 atom stereocenters. The van der Waals surface area contributed by atoms with E-state index in [1.165, 1.54) is 41.4 Å². The maximum atomic E-state index is 4.93. The summed E-state index contributed by atoms with van der Waals surface area (Å²) in [5, 5.41) is 4.88. The van der Waals surface area contributed by atoms with E-state index in [-0.39, 0.29) is 0 Å². The molecular formula is C16H28N4S. The molecule has 1 aromatic rings. The van der Waals surface area contributed by atoms with Crippen LogP contribution in [0.25, 0.3) is 0 Å². The summed E-state index contributed by atoms with van der Waals surface area (Å²) >= 11 is 1.91. The molecule has 1 aliphatic carbocycles. The molecule has 5 heteroatoms. The van der Waals surface area contributed by atoms with Gasteiger partial charge in [0, 0.05) is 36.6 Å². The Hall–Kier alpha value is -0.650. The molecular weight excluding hydrogens is 280 g/mol. The van der Waals surface area contributed by atoms with Gasteiger partial charge in [-0.3, -0.25) is 0 Å². The number of anilines is 1. The number of aromatic nitrogens is 1. The van der Waals surface area contributed by atoms with Crippen LogP contribution in [0.1, 0.15) is 43.2 Å². The van der Waals surface area contributed by atoms with Crippen molar-refractivity contribution in [1.29, 1.82) is 0 Å². The fourth-order valence-electron chi connectivity index (χ4n) is 2.99. The fourth-order valence-corrected chi connectivity index (χ4v) is 4.13. The van der Waals surface area contributed by atoms with Crippen LogP contribution >= 0.6 is 11.3 Å². The van der Waals surface area contributed by atoms with Gasteiger partial charge in [0.25, 0.3) is 0 Å². The summed E-state index contributed by atoms with van der Waals surface area (Å²) in [6.45, 7) is 5.52. The van der Waals surface area contributed by atoms with E-state index < -0.39 is 0 Å². The minimum Gasteiger partial charge on any atom is -0.347 e. The largest absolute Gasteiger partial charge is 0.347 e. The van der Waals surface area contributed by atoms with Crippen molar-refractivity contribution in [1.82, 2.24) is 15.2 Å². The van der Waals surface area contributed by atoms with Crippen molar-refractivity contribution in [2.45, 2.75) is 57.7 Å². The normalized spacial score (nSPS) is 23.0. The van der Waals surface area contributed by atoms with Gasteiger partial charge in [0.2, 0.25) is 0 Å². The van der Waals surface area contributed by atoms with Crippen molar-refractivity contribution < 1.29 is 0 Å². The van der Waals surface area contributed by atoms with Crippen LogP contribution < -0.4 is 10.2 Å². The standard InChI is InChI=1S/C16H28N4S/c1-4-14-15(10-17-12-7-8-12)21-16(18-14)20-9-5-6-13(11-20)19(2)3/h12-13,17H,4-11H2,1-3H3. The number of aryl methyl sites for hydroxylation is 1. The second kappa shape index (κ2) is 6.63. The predicted octanol–water partition coefficient (Wildman–Crippen LogP) is 2.49. The highest BCUT2D eigenvalue weighted by Crippen LogP contribution is 2.30. The second-order valence-corrected chi connectivity index (χ2v) is 7.64. The minimum absolute atomic E-state index is 0.667. The zero-order valence-electron chi connectivity index (χ0n) is 13.6. The Bertz CT molecular complexity index is 467. The summed E-state index contributed by atoms with van der Waals surface area (Å²) in [4.78, 5) is 11.2. The molecule has 2 fully saturated rings. The molecule has 4 nitrogen and oxygen atoms in total. The molecule has 0 amide bonds. The summed E-state index contributed by atoms with van der Waals surface area (Å²) in [7, 11) is 4.39. The highest BCUT2D eigenvalue weighted by atomic mass is 32.1. The number of thiazole rings is 1. The van der Waals surface area contributed by atoms with E-state index in [1.807, 2.05) is 11.3 Å². The van der Waals surface area contributed by atoms with E-state index in [4.69, 9.17) is 4.98 Å². The zero-order valence-corrected chi connectivity index (χ0v) is 14.4. The Labute approximate surface area is 132 Å². The quantitative estimate of drug-likeness (QED) is 0.875. The summed E-state index contributed by atoms with van der Waals surface area (Å²) < 4.78 is 0. The van der Waals surface area contributed by atoms with Crippen LogP contribution in [0, 0.1) is 0 Å². The second-order valence-electron chi connectivity index (χ2n) is 6.58. The van der Waals surface area contributed by atoms with Crippen molar-refractivity contribution in [2.24, 2.45) is 0 Å². The van der Waals surface area contributed by atoms with Gasteiger partial charge in [0.05, 0.1) is 5.69 Å². The first kappa shape index (κ1) is 15.3. The van der Waals surface area contributed by atoms with E-state index in [1.54, 1.807) is 0 Å². The molecule has 0 radical (unpaired) electrons. The van der Waals surface area contributed by atoms with Gasteiger partial charge >= 0.3 is 0 Å². The van der Waals surface area contributed by atoms with Crippen LogP contribution in [0.4, 0.5) is 5.13 Å². The van der Waals surface area contributed by atoms with Crippen molar-refractivity contribution in [3.63, 3.8) is 0 Å². The third-order valence-corrected chi connectivity index (χ3v) is 5.79. The highest BCUT2D eigenvalue weighted by Gasteiger charge is 2.25. The number of hydrogen-bond acceptors (Lipinski definition) is 5. The first-order valence-electron chi connectivity index (χ1n) is 8.30. The average Bonchev–Trinajstić information content (AvgIpc) is 3.23. The smallest absolute Gasteiger partial charge is 0.185 e. The molecule has 0 aromatic carbocycles. The molecule has 118 valence electrons. The average molecular weight is 308 g/mol. The van der Waals surface area contributed by atoms with E-state index in [0.29, 0.717) is 6.04 Å². The molecule has 1 aromatic heterocycles. The highest BCUT2D eigenvalue weighted by molar-refractivity contribution is 7.15. The maximum absolute atomic E-state index is 4.93. The van der Waals surface area contributed by atoms with Crippen molar-refractivity contribution in [3.05, 3.63) is 10.6 Å². The van der Waals surface area contributed by atoms with Gasteiger partial charge in [-0.15, -0.1) is 11.3 Å². The summed E-state index contributed by atoms with van der Waals surface area (Å²) in [5.74, 6) is 0. The van der Waals surface area contributed by atoms with Crippen molar-refractivity contribution in [3.8, 4) is 0 Å². The van der Waals surface area contributed by atoms with Crippen LogP contribution in [0.2, 0.25) is 0 Å². The number of nitrogens with zero attached hydrogens (tertiary/aromatic N) is 3. The third-order valence-electron chi connectivity index (χ3n) is 4.63. The van der Waals surface area contributed by atoms with Gasteiger partial charge in [0.15, 0.2) is 5.13 Å².